The van der Waals surface area contributed by atoms with Crippen LogP contribution in [0.1, 0.15) is 41.1 Å². The van der Waals surface area contributed by atoms with Crippen LogP contribution in [0.5, 0.6) is 5.75 Å². The number of para-hydroxylation sites is 1. The fourth-order valence-corrected chi connectivity index (χ4v) is 5.37. The molecule has 5 aromatic rings. The molecule has 8 heteroatoms. The van der Waals surface area contributed by atoms with Crippen molar-refractivity contribution in [2.75, 3.05) is 11.9 Å². The lowest BCUT2D eigenvalue weighted by Gasteiger charge is -2.20. The lowest BCUT2D eigenvalue weighted by Crippen LogP contribution is -2.20. The molecule has 0 bridgehead atoms. The summed E-state index contributed by atoms with van der Waals surface area (Å²) in [6.07, 6.45) is 2.67. The SMILES string of the molecule is CCOc1ccc(Nc2nn(-c3nc4ccccc4s3)c3c2C(=O)CC(c2ccco2)C3)cc1. The number of ether oxygens (including phenoxy) is 1. The van der Waals surface area contributed by atoms with E-state index in [0.29, 0.717) is 30.8 Å². The number of ketones is 1. The van der Waals surface area contributed by atoms with Gasteiger partial charge in [0.25, 0.3) is 0 Å². The van der Waals surface area contributed by atoms with E-state index >= 15 is 0 Å². The van der Waals surface area contributed by atoms with Gasteiger partial charge < -0.3 is 14.5 Å². The Morgan fingerprint density at radius 1 is 1.12 bits per heavy atom. The van der Waals surface area contributed by atoms with E-state index in [1.165, 1.54) is 0 Å². The van der Waals surface area contributed by atoms with E-state index in [4.69, 9.17) is 19.2 Å². The van der Waals surface area contributed by atoms with E-state index in [-0.39, 0.29) is 11.7 Å². The van der Waals surface area contributed by atoms with E-state index in [0.717, 1.165) is 38.2 Å². The lowest BCUT2D eigenvalue weighted by molar-refractivity contribution is 0.0960. The third-order valence-electron chi connectivity index (χ3n) is 5.97. The largest absolute Gasteiger partial charge is 0.494 e. The quantitative estimate of drug-likeness (QED) is 0.321. The number of Topliss-reactive ketones (excluding diaryl/α,β-unsaturated/α-hetero) is 1. The van der Waals surface area contributed by atoms with Crippen LogP contribution < -0.4 is 10.1 Å². The van der Waals surface area contributed by atoms with Crippen molar-refractivity contribution < 1.29 is 13.9 Å². The predicted octanol–water partition coefficient (Wildman–Crippen LogP) is 6.13. The number of carbonyl (C=O) groups is 1. The monoisotopic (exact) mass is 470 g/mol. The average molecular weight is 471 g/mol. The Balaban J connectivity index is 1.44. The third kappa shape index (κ3) is 3.66. The van der Waals surface area contributed by atoms with Gasteiger partial charge in [-0.25, -0.2) is 9.67 Å². The van der Waals surface area contributed by atoms with E-state index in [2.05, 4.69) is 5.32 Å². The normalized spacial score (nSPS) is 15.4. The maximum atomic E-state index is 13.4. The van der Waals surface area contributed by atoms with Crippen LogP contribution in [0.4, 0.5) is 11.5 Å². The standard InChI is InChI=1S/C26H22N4O3S/c1-2-32-18-11-9-17(10-12-18)27-25-24-20(14-16(15-21(24)31)22-7-5-13-33-22)30(29-25)26-28-19-6-3-4-8-23(19)34-26/h3-13,16H,2,14-15H2,1H3,(H,27,29). The van der Waals surface area contributed by atoms with Crippen LogP contribution in [-0.4, -0.2) is 27.2 Å². The van der Waals surface area contributed by atoms with Crippen LogP contribution in [0.2, 0.25) is 0 Å². The Morgan fingerprint density at radius 3 is 2.74 bits per heavy atom. The van der Waals surface area contributed by atoms with Gasteiger partial charge in [0.15, 0.2) is 11.6 Å². The molecule has 1 N–H and O–H groups in total. The molecule has 3 heterocycles. The zero-order chi connectivity index (χ0) is 23.1. The Labute approximate surface area is 200 Å². The smallest absolute Gasteiger partial charge is 0.211 e. The van der Waals surface area contributed by atoms with Crippen molar-refractivity contribution in [3.8, 4) is 10.9 Å². The van der Waals surface area contributed by atoms with Crippen molar-refractivity contribution >= 4 is 38.8 Å². The molecule has 0 fully saturated rings. The number of benzene rings is 2. The molecule has 1 aliphatic rings. The number of furan rings is 1. The van der Waals surface area contributed by atoms with Crippen molar-refractivity contribution in [2.45, 2.75) is 25.7 Å². The minimum Gasteiger partial charge on any atom is -0.494 e. The molecule has 2 aromatic carbocycles. The number of aromatic nitrogens is 3. The minimum absolute atomic E-state index is 0.0295. The van der Waals surface area contributed by atoms with Crippen LogP contribution in [-0.2, 0) is 6.42 Å². The number of nitrogens with one attached hydrogen (secondary N) is 1. The van der Waals surface area contributed by atoms with Gasteiger partial charge in [0, 0.05) is 24.4 Å². The molecule has 0 aliphatic heterocycles. The van der Waals surface area contributed by atoms with Gasteiger partial charge in [-0.1, -0.05) is 23.5 Å². The first-order valence-electron chi connectivity index (χ1n) is 11.2. The second-order valence-electron chi connectivity index (χ2n) is 8.17. The van der Waals surface area contributed by atoms with Gasteiger partial charge in [-0.2, -0.15) is 0 Å². The van der Waals surface area contributed by atoms with Crippen molar-refractivity contribution in [2.24, 2.45) is 0 Å². The molecule has 1 unspecified atom stereocenters. The molecule has 0 radical (unpaired) electrons. The topological polar surface area (TPSA) is 82.2 Å². The molecule has 7 nitrogen and oxygen atoms in total. The van der Waals surface area contributed by atoms with Gasteiger partial charge in [-0.3, -0.25) is 4.79 Å². The molecule has 34 heavy (non-hydrogen) atoms. The van der Waals surface area contributed by atoms with E-state index < -0.39 is 0 Å². The summed E-state index contributed by atoms with van der Waals surface area (Å²) in [4.78, 5) is 18.2. The summed E-state index contributed by atoms with van der Waals surface area (Å²) < 4.78 is 14.1. The van der Waals surface area contributed by atoms with Crippen LogP contribution in [0.3, 0.4) is 0 Å². The third-order valence-corrected chi connectivity index (χ3v) is 6.98. The Hall–Kier alpha value is -3.91. The van der Waals surface area contributed by atoms with Crippen molar-refractivity contribution in [3.63, 3.8) is 0 Å². The summed E-state index contributed by atoms with van der Waals surface area (Å²) in [6, 6.07) is 19.4. The molecule has 170 valence electrons. The molecule has 0 saturated heterocycles. The van der Waals surface area contributed by atoms with Crippen LogP contribution >= 0.6 is 11.3 Å². The predicted molar refractivity (Wildman–Crippen MR) is 132 cm³/mol. The maximum absolute atomic E-state index is 13.4. The zero-order valence-electron chi connectivity index (χ0n) is 18.5. The number of anilines is 2. The maximum Gasteiger partial charge on any atom is 0.211 e. The summed E-state index contributed by atoms with van der Waals surface area (Å²) in [5.41, 5.74) is 3.22. The lowest BCUT2D eigenvalue weighted by atomic mass is 9.85. The molecule has 3 aromatic heterocycles. The summed E-state index contributed by atoms with van der Waals surface area (Å²) in [5, 5.41) is 8.94. The van der Waals surface area contributed by atoms with Gasteiger partial charge in [0.2, 0.25) is 5.13 Å². The Morgan fingerprint density at radius 2 is 1.97 bits per heavy atom. The van der Waals surface area contributed by atoms with Crippen LogP contribution in [0, 0.1) is 0 Å². The second kappa shape index (κ2) is 8.46. The van der Waals surface area contributed by atoms with Gasteiger partial charge >= 0.3 is 0 Å². The van der Waals surface area contributed by atoms with E-state index in [1.807, 2.05) is 72.3 Å². The number of rotatable bonds is 6. The average Bonchev–Trinajstić information content (AvgIpc) is 3.59. The highest BCUT2D eigenvalue weighted by Crippen LogP contribution is 2.39. The fourth-order valence-electron chi connectivity index (χ4n) is 4.42. The molecular formula is C26H22N4O3S. The van der Waals surface area contributed by atoms with Gasteiger partial charge in [0.05, 0.1) is 34.3 Å². The number of hydrogen-bond donors (Lipinski definition) is 1. The molecule has 0 spiro atoms. The molecule has 1 atom stereocenters. The summed E-state index contributed by atoms with van der Waals surface area (Å²) in [5.74, 6) is 2.17. The summed E-state index contributed by atoms with van der Waals surface area (Å²) in [6.45, 7) is 2.56. The molecule has 1 aliphatic carbocycles. The summed E-state index contributed by atoms with van der Waals surface area (Å²) >= 11 is 1.56. The van der Waals surface area contributed by atoms with E-state index in [1.54, 1.807) is 17.6 Å². The van der Waals surface area contributed by atoms with Crippen molar-refractivity contribution in [1.82, 2.24) is 14.8 Å². The highest BCUT2D eigenvalue weighted by molar-refractivity contribution is 7.20. The first-order valence-corrected chi connectivity index (χ1v) is 12.1. The summed E-state index contributed by atoms with van der Waals surface area (Å²) in [7, 11) is 0. The van der Waals surface area contributed by atoms with Gasteiger partial charge in [0.1, 0.15) is 11.5 Å². The first-order chi connectivity index (χ1) is 16.7. The first kappa shape index (κ1) is 20.7. The van der Waals surface area contributed by atoms with Gasteiger partial charge in [-0.05, 0) is 55.5 Å². The highest BCUT2D eigenvalue weighted by atomic mass is 32.1. The highest BCUT2D eigenvalue weighted by Gasteiger charge is 2.35. The Bertz CT molecular complexity index is 1440. The second-order valence-corrected chi connectivity index (χ2v) is 9.18. The Kier molecular flexibility index (Phi) is 5.15. The van der Waals surface area contributed by atoms with Crippen molar-refractivity contribution in [3.05, 3.63) is 83.9 Å². The number of carbonyl (C=O) groups excluding carboxylic acids is 1. The minimum atomic E-state index is -0.0295. The van der Waals surface area contributed by atoms with Crippen molar-refractivity contribution in [1.29, 1.82) is 0 Å². The number of fused-ring (bicyclic) bond motifs is 2. The number of thiazole rings is 1. The molecule has 6 rings (SSSR count). The molecular weight excluding hydrogens is 448 g/mol. The number of hydrogen-bond acceptors (Lipinski definition) is 7. The van der Waals surface area contributed by atoms with E-state index in [9.17, 15) is 4.79 Å². The molecule has 0 saturated carbocycles. The zero-order valence-corrected chi connectivity index (χ0v) is 19.3. The van der Waals surface area contributed by atoms with Gasteiger partial charge in [-0.15, -0.1) is 5.10 Å². The molecule has 0 amide bonds. The van der Waals surface area contributed by atoms with Crippen LogP contribution in [0.15, 0.2) is 71.3 Å². The fraction of sp³-hybridized carbons (Fsp3) is 0.192. The number of nitrogens with zero attached hydrogens (tertiary/aromatic N) is 3. The van der Waals surface area contributed by atoms with Crippen LogP contribution in [0.25, 0.3) is 15.3 Å².